The number of hydrogen-bond donors (Lipinski definition) is 0. The maximum Gasteiger partial charge on any atom is 0.267 e. The Morgan fingerprint density at radius 3 is 2.26 bits per heavy atom. The maximum atomic E-state index is 12.7. The molecule has 0 saturated carbocycles. The molecular formula is C18H23NO3S. The number of ether oxygens (including phenoxy) is 1. The Labute approximate surface area is 141 Å². The average molecular weight is 333 g/mol. The zero-order chi connectivity index (χ0) is 16.8. The van der Waals surface area contributed by atoms with Gasteiger partial charge in [0.05, 0.1) is 17.1 Å². The van der Waals surface area contributed by atoms with Gasteiger partial charge in [-0.15, -0.1) is 11.8 Å². The molecule has 0 radical (unpaired) electrons. The predicted octanol–water partition coefficient (Wildman–Crippen LogP) is 3.72. The van der Waals surface area contributed by atoms with E-state index in [2.05, 4.69) is 6.92 Å². The summed E-state index contributed by atoms with van der Waals surface area (Å²) in [5.41, 5.74) is 1.30. The minimum Gasteiger partial charge on any atom is -0.494 e. The van der Waals surface area contributed by atoms with Crippen LogP contribution in [0.1, 0.15) is 39.2 Å². The van der Waals surface area contributed by atoms with Gasteiger partial charge >= 0.3 is 0 Å². The molecule has 1 aromatic rings. The second-order valence-electron chi connectivity index (χ2n) is 5.27. The first-order chi connectivity index (χ1) is 11.1. The average Bonchev–Trinajstić information content (AvgIpc) is 2.79. The fourth-order valence-electron chi connectivity index (χ4n) is 2.45. The first-order valence-corrected chi connectivity index (χ1v) is 9.09. The second kappa shape index (κ2) is 8.20. The van der Waals surface area contributed by atoms with E-state index >= 15 is 0 Å². The molecule has 23 heavy (non-hydrogen) atoms. The third kappa shape index (κ3) is 3.78. The fourth-order valence-corrected chi connectivity index (χ4v) is 3.32. The van der Waals surface area contributed by atoms with Crippen LogP contribution >= 0.6 is 11.8 Å². The van der Waals surface area contributed by atoms with Gasteiger partial charge in [-0.05, 0) is 36.3 Å². The van der Waals surface area contributed by atoms with E-state index in [4.69, 9.17) is 4.74 Å². The highest BCUT2D eigenvalue weighted by atomic mass is 32.2. The summed E-state index contributed by atoms with van der Waals surface area (Å²) in [6, 6.07) is 7.42. The number of nitrogens with zero attached hydrogens (tertiary/aromatic N) is 1. The van der Waals surface area contributed by atoms with E-state index in [1.165, 1.54) is 16.7 Å². The van der Waals surface area contributed by atoms with Crippen molar-refractivity contribution < 1.29 is 14.3 Å². The number of imide groups is 1. The molecule has 0 atom stereocenters. The van der Waals surface area contributed by atoms with Gasteiger partial charge in [0.15, 0.2) is 0 Å². The van der Waals surface area contributed by atoms with Crippen molar-refractivity contribution in [1.29, 1.82) is 0 Å². The first kappa shape index (κ1) is 17.6. The van der Waals surface area contributed by atoms with E-state index in [9.17, 15) is 9.59 Å². The first-order valence-electron chi connectivity index (χ1n) is 8.10. The van der Waals surface area contributed by atoms with E-state index in [0.717, 1.165) is 29.9 Å². The Balaban J connectivity index is 2.33. The lowest BCUT2D eigenvalue weighted by Gasteiger charge is -2.13. The highest BCUT2D eigenvalue weighted by molar-refractivity contribution is 8.04. The van der Waals surface area contributed by atoms with Crippen molar-refractivity contribution in [3.63, 3.8) is 0 Å². The number of hydrogen-bond acceptors (Lipinski definition) is 4. The van der Waals surface area contributed by atoms with Crippen LogP contribution in [0.4, 0.5) is 0 Å². The van der Waals surface area contributed by atoms with Crippen LogP contribution in [0.2, 0.25) is 0 Å². The number of benzene rings is 1. The molecule has 5 heteroatoms. The molecule has 2 amide bonds. The zero-order valence-corrected chi connectivity index (χ0v) is 14.7. The Morgan fingerprint density at radius 2 is 1.70 bits per heavy atom. The van der Waals surface area contributed by atoms with E-state index in [1.54, 1.807) is 0 Å². The molecule has 0 saturated heterocycles. The number of carbonyl (C=O) groups excluding carboxylic acids is 2. The van der Waals surface area contributed by atoms with Crippen LogP contribution in [0, 0.1) is 0 Å². The van der Waals surface area contributed by atoms with Gasteiger partial charge in [-0.2, -0.15) is 0 Å². The normalized spacial score (nSPS) is 14.8. The van der Waals surface area contributed by atoms with Crippen LogP contribution in [-0.2, 0) is 9.59 Å². The molecule has 0 unspecified atom stereocenters. The molecule has 0 bridgehead atoms. The molecule has 0 spiro atoms. The van der Waals surface area contributed by atoms with E-state index in [0.29, 0.717) is 23.6 Å². The van der Waals surface area contributed by atoms with Crippen molar-refractivity contribution in [3.8, 4) is 5.75 Å². The van der Waals surface area contributed by atoms with Crippen molar-refractivity contribution in [2.24, 2.45) is 0 Å². The molecule has 0 aromatic heterocycles. The second-order valence-corrected chi connectivity index (χ2v) is 6.55. The quantitative estimate of drug-likeness (QED) is 0.680. The molecule has 2 rings (SSSR count). The Bertz CT molecular complexity index is 607. The van der Waals surface area contributed by atoms with Gasteiger partial charge in [0.2, 0.25) is 0 Å². The summed E-state index contributed by atoms with van der Waals surface area (Å²) in [6.07, 6.45) is 1.71. The lowest BCUT2D eigenvalue weighted by molar-refractivity contribution is -0.136. The molecule has 1 aliphatic rings. The van der Waals surface area contributed by atoms with Gasteiger partial charge in [-0.25, -0.2) is 0 Å². The largest absolute Gasteiger partial charge is 0.494 e. The number of carbonyl (C=O) groups is 2. The topological polar surface area (TPSA) is 46.6 Å². The number of rotatable bonds is 8. The van der Waals surface area contributed by atoms with Crippen molar-refractivity contribution >= 4 is 29.1 Å². The Morgan fingerprint density at radius 1 is 1.00 bits per heavy atom. The molecule has 0 aliphatic carbocycles. The van der Waals surface area contributed by atoms with Crippen LogP contribution in [0.3, 0.4) is 0 Å². The van der Waals surface area contributed by atoms with Gasteiger partial charge in [0.25, 0.3) is 11.8 Å². The van der Waals surface area contributed by atoms with Gasteiger partial charge < -0.3 is 4.74 Å². The van der Waals surface area contributed by atoms with Gasteiger partial charge in [-0.3, -0.25) is 14.5 Å². The summed E-state index contributed by atoms with van der Waals surface area (Å²) in [5.74, 6) is 1.19. The van der Waals surface area contributed by atoms with Crippen LogP contribution in [-0.4, -0.2) is 35.6 Å². The molecule has 1 aliphatic heterocycles. The highest BCUT2D eigenvalue weighted by Crippen LogP contribution is 2.36. The number of thioether (sulfide) groups is 1. The third-order valence-electron chi connectivity index (χ3n) is 3.48. The molecule has 1 heterocycles. The van der Waals surface area contributed by atoms with Crippen LogP contribution < -0.4 is 4.74 Å². The molecule has 4 nitrogen and oxygen atoms in total. The van der Waals surface area contributed by atoms with Crippen molar-refractivity contribution in [2.75, 3.05) is 18.9 Å². The lowest BCUT2D eigenvalue weighted by atomic mass is 10.1. The van der Waals surface area contributed by atoms with E-state index < -0.39 is 0 Å². The fraction of sp³-hybridized carbons (Fsp3) is 0.444. The summed E-state index contributed by atoms with van der Waals surface area (Å²) < 4.78 is 5.57. The van der Waals surface area contributed by atoms with E-state index in [-0.39, 0.29) is 11.8 Å². The van der Waals surface area contributed by atoms with Crippen molar-refractivity contribution in [1.82, 2.24) is 4.90 Å². The van der Waals surface area contributed by atoms with Gasteiger partial charge in [-0.1, -0.05) is 32.9 Å². The summed E-state index contributed by atoms with van der Waals surface area (Å²) >= 11 is 1.44. The van der Waals surface area contributed by atoms with Crippen molar-refractivity contribution in [3.05, 3.63) is 34.7 Å². The third-order valence-corrected chi connectivity index (χ3v) is 4.43. The van der Waals surface area contributed by atoms with Crippen LogP contribution in [0.25, 0.3) is 5.57 Å². The summed E-state index contributed by atoms with van der Waals surface area (Å²) in [6.45, 7) is 7.13. The molecule has 0 fully saturated rings. The Hall–Kier alpha value is -1.75. The van der Waals surface area contributed by atoms with Crippen LogP contribution in [0.5, 0.6) is 5.75 Å². The summed E-state index contributed by atoms with van der Waals surface area (Å²) in [7, 11) is 0. The maximum absolute atomic E-state index is 12.7. The standard InChI is InChI=1S/C18H23NO3S/c1-4-11-19-17(20)15(16(18(19)21)23-6-3)13-7-9-14(10-8-13)22-12-5-2/h7-10H,4-6,11-12H2,1-3H3. The summed E-state index contributed by atoms with van der Waals surface area (Å²) in [4.78, 5) is 27.1. The van der Waals surface area contributed by atoms with Crippen LogP contribution in [0.15, 0.2) is 29.2 Å². The minimum absolute atomic E-state index is 0.162. The Kier molecular flexibility index (Phi) is 6.28. The molecular weight excluding hydrogens is 310 g/mol. The minimum atomic E-state index is -0.185. The van der Waals surface area contributed by atoms with Gasteiger partial charge in [0, 0.05) is 6.54 Å². The molecule has 0 N–H and O–H groups in total. The molecule has 124 valence electrons. The predicted molar refractivity (Wildman–Crippen MR) is 94.3 cm³/mol. The lowest BCUT2D eigenvalue weighted by Crippen LogP contribution is -2.32. The monoisotopic (exact) mass is 333 g/mol. The molecule has 1 aromatic carbocycles. The number of amides is 2. The SMILES string of the molecule is CCCOc1ccc(C2=C(SCC)C(=O)N(CCC)C2=O)cc1. The van der Waals surface area contributed by atoms with Crippen molar-refractivity contribution in [2.45, 2.75) is 33.6 Å². The summed E-state index contributed by atoms with van der Waals surface area (Å²) in [5, 5.41) is 0. The van der Waals surface area contributed by atoms with Gasteiger partial charge in [0.1, 0.15) is 5.75 Å². The van der Waals surface area contributed by atoms with E-state index in [1.807, 2.05) is 38.1 Å². The zero-order valence-electron chi connectivity index (χ0n) is 13.9. The smallest absolute Gasteiger partial charge is 0.267 e. The highest BCUT2D eigenvalue weighted by Gasteiger charge is 2.38.